The standard InChI is InChI=1S/C14H11FN2O2S2/c1-9-6-7-11-12(8-9)20-14(16-11)17-21(18,19)13-5-3-2-4-10(13)15/h2-8H,1H3,(H,16,17). The molecule has 2 aromatic carbocycles. The zero-order chi connectivity index (χ0) is 15.0. The van der Waals surface area contributed by atoms with Crippen LogP contribution in [0.25, 0.3) is 10.2 Å². The highest BCUT2D eigenvalue weighted by Gasteiger charge is 2.20. The Morgan fingerprint density at radius 1 is 1.19 bits per heavy atom. The molecule has 1 heterocycles. The highest BCUT2D eigenvalue weighted by atomic mass is 32.2. The topological polar surface area (TPSA) is 59.1 Å². The lowest BCUT2D eigenvalue weighted by Gasteiger charge is -2.05. The van der Waals surface area contributed by atoms with Crippen molar-refractivity contribution in [2.24, 2.45) is 0 Å². The van der Waals surface area contributed by atoms with Crippen LogP contribution in [0.3, 0.4) is 0 Å². The number of aromatic nitrogens is 1. The Balaban J connectivity index is 1.99. The number of aryl methyl sites for hydroxylation is 1. The fourth-order valence-electron chi connectivity index (χ4n) is 1.91. The van der Waals surface area contributed by atoms with Crippen LogP contribution in [0, 0.1) is 12.7 Å². The molecule has 0 aliphatic rings. The van der Waals surface area contributed by atoms with Crippen molar-refractivity contribution in [3.63, 3.8) is 0 Å². The number of benzene rings is 2. The summed E-state index contributed by atoms with van der Waals surface area (Å²) in [5.41, 5.74) is 1.77. The Labute approximate surface area is 125 Å². The van der Waals surface area contributed by atoms with Crippen molar-refractivity contribution in [1.82, 2.24) is 4.98 Å². The molecule has 0 unspecified atom stereocenters. The van der Waals surface area contributed by atoms with Crippen molar-refractivity contribution >= 4 is 36.7 Å². The summed E-state index contributed by atoms with van der Waals surface area (Å²) in [6, 6.07) is 10.9. The fourth-order valence-corrected chi connectivity index (χ4v) is 4.19. The second-order valence-corrected chi connectivity index (χ2v) is 7.21. The summed E-state index contributed by atoms with van der Waals surface area (Å²) < 4.78 is 41.2. The van der Waals surface area contributed by atoms with Gasteiger partial charge in [-0.25, -0.2) is 17.8 Å². The van der Waals surface area contributed by atoms with E-state index in [2.05, 4.69) is 9.71 Å². The summed E-state index contributed by atoms with van der Waals surface area (Å²) in [4.78, 5) is 3.81. The summed E-state index contributed by atoms with van der Waals surface area (Å²) in [5, 5.41) is 0.221. The quantitative estimate of drug-likeness (QED) is 0.802. The lowest BCUT2D eigenvalue weighted by atomic mass is 10.2. The number of fused-ring (bicyclic) bond motifs is 1. The Kier molecular flexibility index (Phi) is 3.38. The van der Waals surface area contributed by atoms with E-state index in [1.165, 1.54) is 29.5 Å². The largest absolute Gasteiger partial charge is 0.266 e. The summed E-state index contributed by atoms with van der Waals surface area (Å²) in [6.07, 6.45) is 0. The molecular formula is C14H11FN2O2S2. The Morgan fingerprint density at radius 2 is 1.95 bits per heavy atom. The monoisotopic (exact) mass is 322 g/mol. The molecule has 1 aromatic heterocycles. The zero-order valence-electron chi connectivity index (χ0n) is 11.0. The van der Waals surface area contributed by atoms with Gasteiger partial charge >= 0.3 is 0 Å². The van der Waals surface area contributed by atoms with E-state index >= 15 is 0 Å². The van der Waals surface area contributed by atoms with Crippen molar-refractivity contribution in [3.05, 3.63) is 53.8 Å². The molecule has 0 radical (unpaired) electrons. The second-order valence-electron chi connectivity index (χ2n) is 4.53. The van der Waals surface area contributed by atoms with Crippen LogP contribution in [0.2, 0.25) is 0 Å². The lowest BCUT2D eigenvalue weighted by molar-refractivity contribution is 0.570. The molecule has 0 spiro atoms. The number of halogens is 1. The first-order valence-electron chi connectivity index (χ1n) is 6.10. The normalized spacial score (nSPS) is 11.7. The molecule has 0 fully saturated rings. The highest BCUT2D eigenvalue weighted by Crippen LogP contribution is 2.28. The third kappa shape index (κ3) is 2.74. The molecule has 4 nitrogen and oxygen atoms in total. The van der Waals surface area contributed by atoms with E-state index in [9.17, 15) is 12.8 Å². The molecule has 0 aliphatic heterocycles. The molecule has 0 saturated heterocycles. The van der Waals surface area contributed by atoms with Gasteiger partial charge in [0.25, 0.3) is 10.0 Å². The van der Waals surface area contributed by atoms with E-state index in [1.54, 1.807) is 0 Å². The van der Waals surface area contributed by atoms with Gasteiger partial charge in [-0.3, -0.25) is 4.72 Å². The minimum absolute atomic E-state index is 0.221. The summed E-state index contributed by atoms with van der Waals surface area (Å²) >= 11 is 1.21. The average molecular weight is 322 g/mol. The maximum atomic E-state index is 13.6. The van der Waals surface area contributed by atoms with Gasteiger partial charge in [0, 0.05) is 0 Å². The van der Waals surface area contributed by atoms with Crippen LogP contribution in [-0.4, -0.2) is 13.4 Å². The molecule has 0 saturated carbocycles. The van der Waals surface area contributed by atoms with Gasteiger partial charge in [0.05, 0.1) is 10.2 Å². The molecule has 0 atom stereocenters. The second kappa shape index (κ2) is 5.09. The van der Waals surface area contributed by atoms with Gasteiger partial charge in [0.1, 0.15) is 10.7 Å². The molecule has 0 bridgehead atoms. The van der Waals surface area contributed by atoms with Gasteiger partial charge in [-0.1, -0.05) is 29.5 Å². The SMILES string of the molecule is Cc1ccc2nc(NS(=O)(=O)c3ccccc3F)sc2c1. The van der Waals surface area contributed by atoms with E-state index in [-0.39, 0.29) is 10.0 Å². The van der Waals surface area contributed by atoms with E-state index in [0.29, 0.717) is 5.52 Å². The zero-order valence-corrected chi connectivity index (χ0v) is 12.6. The van der Waals surface area contributed by atoms with Crippen molar-refractivity contribution in [3.8, 4) is 0 Å². The number of sulfonamides is 1. The van der Waals surface area contributed by atoms with E-state index < -0.39 is 15.8 Å². The maximum absolute atomic E-state index is 13.6. The Bertz CT molecular complexity index is 920. The number of nitrogens with one attached hydrogen (secondary N) is 1. The predicted molar refractivity (Wildman–Crippen MR) is 81.6 cm³/mol. The van der Waals surface area contributed by atoms with Gasteiger partial charge in [-0.15, -0.1) is 0 Å². The fraction of sp³-hybridized carbons (Fsp3) is 0.0714. The molecule has 21 heavy (non-hydrogen) atoms. The molecular weight excluding hydrogens is 311 g/mol. The number of hydrogen-bond donors (Lipinski definition) is 1. The predicted octanol–water partition coefficient (Wildman–Crippen LogP) is 3.54. The van der Waals surface area contributed by atoms with Crippen molar-refractivity contribution in [2.75, 3.05) is 4.72 Å². The highest BCUT2D eigenvalue weighted by molar-refractivity contribution is 7.93. The Morgan fingerprint density at radius 3 is 2.71 bits per heavy atom. The first-order chi connectivity index (χ1) is 9.95. The minimum Gasteiger partial charge on any atom is -0.255 e. The van der Waals surface area contributed by atoms with Crippen molar-refractivity contribution in [1.29, 1.82) is 0 Å². The number of rotatable bonds is 3. The number of thiazole rings is 1. The van der Waals surface area contributed by atoms with E-state index in [1.807, 2.05) is 25.1 Å². The number of nitrogens with zero attached hydrogens (tertiary/aromatic N) is 1. The molecule has 1 N–H and O–H groups in total. The van der Waals surface area contributed by atoms with Crippen molar-refractivity contribution < 1.29 is 12.8 Å². The molecule has 3 rings (SSSR count). The van der Waals surface area contributed by atoms with Gasteiger partial charge in [0.15, 0.2) is 5.13 Å². The first kappa shape index (κ1) is 14.0. The summed E-state index contributed by atoms with van der Waals surface area (Å²) in [7, 11) is -3.98. The Hall–Kier alpha value is -1.99. The van der Waals surface area contributed by atoms with Crippen LogP contribution >= 0.6 is 11.3 Å². The molecule has 0 aliphatic carbocycles. The van der Waals surface area contributed by atoms with Crippen LogP contribution in [0.15, 0.2) is 47.4 Å². The summed E-state index contributed by atoms with van der Waals surface area (Å²) in [6.45, 7) is 1.95. The molecule has 0 amide bonds. The number of hydrogen-bond acceptors (Lipinski definition) is 4. The van der Waals surface area contributed by atoms with Gasteiger partial charge < -0.3 is 0 Å². The molecule has 7 heteroatoms. The smallest absolute Gasteiger partial charge is 0.255 e. The first-order valence-corrected chi connectivity index (χ1v) is 8.40. The van der Waals surface area contributed by atoms with Crippen LogP contribution < -0.4 is 4.72 Å². The van der Waals surface area contributed by atoms with Crippen LogP contribution in [-0.2, 0) is 10.0 Å². The molecule has 108 valence electrons. The molecule has 3 aromatic rings. The van der Waals surface area contributed by atoms with Crippen LogP contribution in [0.4, 0.5) is 9.52 Å². The van der Waals surface area contributed by atoms with E-state index in [4.69, 9.17) is 0 Å². The maximum Gasteiger partial charge on any atom is 0.266 e. The minimum atomic E-state index is -3.98. The van der Waals surface area contributed by atoms with Gasteiger partial charge in [0.2, 0.25) is 0 Å². The van der Waals surface area contributed by atoms with Gasteiger partial charge in [-0.2, -0.15) is 0 Å². The van der Waals surface area contributed by atoms with Crippen LogP contribution in [0.1, 0.15) is 5.56 Å². The van der Waals surface area contributed by atoms with Crippen LogP contribution in [0.5, 0.6) is 0 Å². The summed E-state index contributed by atoms with van der Waals surface area (Å²) in [5.74, 6) is -0.790. The number of anilines is 1. The third-order valence-corrected chi connectivity index (χ3v) is 5.33. The third-order valence-electron chi connectivity index (χ3n) is 2.89. The lowest BCUT2D eigenvalue weighted by Crippen LogP contribution is -2.14. The van der Waals surface area contributed by atoms with Crippen molar-refractivity contribution in [2.45, 2.75) is 11.8 Å². The van der Waals surface area contributed by atoms with E-state index in [0.717, 1.165) is 16.3 Å². The average Bonchev–Trinajstić information content (AvgIpc) is 2.79. The van der Waals surface area contributed by atoms with Gasteiger partial charge in [-0.05, 0) is 36.8 Å².